The van der Waals surface area contributed by atoms with Crippen LogP contribution in [0.5, 0.6) is 17.2 Å². The first kappa shape index (κ1) is 15.3. The van der Waals surface area contributed by atoms with Crippen molar-refractivity contribution in [2.45, 2.75) is 18.9 Å². The van der Waals surface area contributed by atoms with Crippen LogP contribution in [0.15, 0.2) is 24.3 Å². The molecule has 0 bridgehead atoms. The molecule has 0 fully saturated rings. The van der Waals surface area contributed by atoms with Crippen molar-refractivity contribution in [3.8, 4) is 28.4 Å². The average Bonchev–Trinajstić information content (AvgIpc) is 2.63. The summed E-state index contributed by atoms with van der Waals surface area (Å²) in [4.78, 5) is 2.44. The predicted molar refractivity (Wildman–Crippen MR) is 94.3 cm³/mol. The van der Waals surface area contributed by atoms with E-state index in [0.29, 0.717) is 6.04 Å². The Labute approximate surface area is 142 Å². The van der Waals surface area contributed by atoms with E-state index in [4.69, 9.17) is 14.2 Å². The summed E-state index contributed by atoms with van der Waals surface area (Å²) in [6.45, 7) is 1.05. The molecule has 0 spiro atoms. The topological polar surface area (TPSA) is 30.9 Å². The summed E-state index contributed by atoms with van der Waals surface area (Å²) >= 11 is 0. The third kappa shape index (κ3) is 2.02. The number of ether oxygens (including phenoxy) is 3. The molecule has 0 amide bonds. The molecule has 4 heteroatoms. The number of nitrogens with zero attached hydrogens (tertiary/aromatic N) is 1. The van der Waals surface area contributed by atoms with Gasteiger partial charge in [-0.1, -0.05) is 12.1 Å². The maximum absolute atomic E-state index is 5.79. The SMILES string of the molecule is COc1cccc2c1CC1c3c(cc(OC)c(OC)c3-2)CCN1C. The van der Waals surface area contributed by atoms with Crippen LogP contribution in [0.3, 0.4) is 0 Å². The molecule has 2 aromatic carbocycles. The van der Waals surface area contributed by atoms with E-state index >= 15 is 0 Å². The molecule has 126 valence electrons. The van der Waals surface area contributed by atoms with Gasteiger partial charge in [-0.15, -0.1) is 0 Å². The van der Waals surface area contributed by atoms with Gasteiger partial charge in [0.25, 0.3) is 0 Å². The minimum Gasteiger partial charge on any atom is -0.496 e. The number of hydrogen-bond acceptors (Lipinski definition) is 4. The van der Waals surface area contributed by atoms with Gasteiger partial charge in [0.1, 0.15) is 5.75 Å². The van der Waals surface area contributed by atoms with E-state index < -0.39 is 0 Å². The zero-order valence-corrected chi connectivity index (χ0v) is 14.7. The Kier molecular flexibility index (Phi) is 3.65. The monoisotopic (exact) mass is 325 g/mol. The van der Waals surface area contributed by atoms with E-state index in [0.717, 1.165) is 36.6 Å². The standard InChI is InChI=1S/C20H23NO3/c1-21-9-8-12-10-17(23-3)20(24-4)19-13-6-5-7-16(22-2)14(13)11-15(21)18(12)19/h5-7,10,15H,8-9,11H2,1-4H3. The summed E-state index contributed by atoms with van der Waals surface area (Å²) in [5.74, 6) is 2.58. The second kappa shape index (κ2) is 5.71. The van der Waals surface area contributed by atoms with Gasteiger partial charge in [-0.05, 0) is 48.7 Å². The Morgan fingerprint density at radius 2 is 1.83 bits per heavy atom. The average molecular weight is 325 g/mol. The van der Waals surface area contributed by atoms with E-state index in [1.165, 1.54) is 27.8 Å². The number of fused-ring (bicyclic) bond motifs is 2. The van der Waals surface area contributed by atoms with Gasteiger partial charge in [0.05, 0.1) is 21.3 Å². The fourth-order valence-corrected chi connectivity index (χ4v) is 4.24. The van der Waals surface area contributed by atoms with Gasteiger partial charge in [-0.3, -0.25) is 4.90 Å². The quantitative estimate of drug-likeness (QED) is 0.865. The Morgan fingerprint density at radius 3 is 2.54 bits per heavy atom. The van der Waals surface area contributed by atoms with Crippen LogP contribution in [0.2, 0.25) is 0 Å². The molecule has 2 aromatic rings. The molecular formula is C20H23NO3. The van der Waals surface area contributed by atoms with Crippen LogP contribution in [0.25, 0.3) is 11.1 Å². The van der Waals surface area contributed by atoms with E-state index in [-0.39, 0.29) is 0 Å². The van der Waals surface area contributed by atoms with E-state index in [9.17, 15) is 0 Å². The highest BCUT2D eigenvalue weighted by atomic mass is 16.5. The van der Waals surface area contributed by atoms with Gasteiger partial charge >= 0.3 is 0 Å². The normalized spacial score (nSPS) is 18.6. The van der Waals surface area contributed by atoms with Crippen LogP contribution in [-0.4, -0.2) is 39.8 Å². The van der Waals surface area contributed by atoms with Crippen LogP contribution < -0.4 is 14.2 Å². The van der Waals surface area contributed by atoms with Crippen LogP contribution >= 0.6 is 0 Å². The van der Waals surface area contributed by atoms with Crippen LogP contribution in [-0.2, 0) is 12.8 Å². The first-order valence-electron chi connectivity index (χ1n) is 8.33. The maximum Gasteiger partial charge on any atom is 0.168 e. The van der Waals surface area contributed by atoms with Crippen LogP contribution in [0, 0.1) is 0 Å². The molecule has 1 heterocycles. The highest BCUT2D eigenvalue weighted by Gasteiger charge is 2.37. The Bertz CT molecular complexity index is 800. The zero-order chi connectivity index (χ0) is 16.8. The number of methoxy groups -OCH3 is 3. The Balaban J connectivity index is 2.09. The van der Waals surface area contributed by atoms with Gasteiger partial charge in [0, 0.05) is 23.7 Å². The maximum atomic E-state index is 5.79. The summed E-state index contributed by atoms with van der Waals surface area (Å²) < 4.78 is 17.1. The second-order valence-corrected chi connectivity index (χ2v) is 6.50. The lowest BCUT2D eigenvalue weighted by Gasteiger charge is -2.40. The molecule has 0 saturated heterocycles. The molecule has 1 unspecified atom stereocenters. The second-order valence-electron chi connectivity index (χ2n) is 6.50. The lowest BCUT2D eigenvalue weighted by Crippen LogP contribution is -2.35. The third-order valence-electron chi connectivity index (χ3n) is 5.41. The van der Waals surface area contributed by atoms with Crippen molar-refractivity contribution < 1.29 is 14.2 Å². The molecule has 4 nitrogen and oxygen atoms in total. The molecule has 4 rings (SSSR count). The highest BCUT2D eigenvalue weighted by molar-refractivity contribution is 5.84. The van der Waals surface area contributed by atoms with Gasteiger partial charge in [0.15, 0.2) is 11.5 Å². The summed E-state index contributed by atoms with van der Waals surface area (Å²) in [5.41, 5.74) is 6.39. The van der Waals surface area contributed by atoms with Crippen molar-refractivity contribution in [2.24, 2.45) is 0 Å². The highest BCUT2D eigenvalue weighted by Crippen LogP contribution is 2.53. The summed E-state index contributed by atoms with van der Waals surface area (Å²) in [6, 6.07) is 8.77. The van der Waals surface area contributed by atoms with E-state index in [1.54, 1.807) is 21.3 Å². The number of benzene rings is 2. The van der Waals surface area contributed by atoms with E-state index in [1.807, 2.05) is 6.07 Å². The molecule has 0 N–H and O–H groups in total. The minimum atomic E-state index is 0.354. The first-order valence-corrected chi connectivity index (χ1v) is 8.33. The lowest BCUT2D eigenvalue weighted by molar-refractivity contribution is 0.225. The third-order valence-corrected chi connectivity index (χ3v) is 5.41. The number of likely N-dealkylation sites (N-methyl/N-ethyl adjacent to an activating group) is 1. The van der Waals surface area contributed by atoms with Gasteiger partial charge < -0.3 is 14.2 Å². The summed E-state index contributed by atoms with van der Waals surface area (Å²) in [5, 5.41) is 0. The Morgan fingerprint density at radius 1 is 1.04 bits per heavy atom. The number of hydrogen-bond donors (Lipinski definition) is 0. The summed E-state index contributed by atoms with van der Waals surface area (Å²) in [6.07, 6.45) is 2.00. The molecule has 24 heavy (non-hydrogen) atoms. The molecule has 0 aromatic heterocycles. The van der Waals surface area contributed by atoms with Crippen molar-refractivity contribution >= 4 is 0 Å². The van der Waals surface area contributed by atoms with Crippen molar-refractivity contribution in [3.63, 3.8) is 0 Å². The molecule has 0 radical (unpaired) electrons. The zero-order valence-electron chi connectivity index (χ0n) is 14.7. The van der Waals surface area contributed by atoms with Gasteiger partial charge in [-0.25, -0.2) is 0 Å². The Hall–Kier alpha value is -2.20. The fraction of sp³-hybridized carbons (Fsp3) is 0.400. The van der Waals surface area contributed by atoms with Crippen LogP contribution in [0.4, 0.5) is 0 Å². The molecule has 1 aliphatic heterocycles. The van der Waals surface area contributed by atoms with E-state index in [2.05, 4.69) is 30.1 Å². The van der Waals surface area contributed by atoms with Crippen LogP contribution in [0.1, 0.15) is 22.7 Å². The molecule has 2 aliphatic rings. The number of rotatable bonds is 3. The molecule has 1 atom stereocenters. The smallest absolute Gasteiger partial charge is 0.168 e. The first-order chi connectivity index (χ1) is 11.7. The molecule has 0 saturated carbocycles. The largest absolute Gasteiger partial charge is 0.496 e. The van der Waals surface area contributed by atoms with Gasteiger partial charge in [-0.2, -0.15) is 0 Å². The molecule has 1 aliphatic carbocycles. The van der Waals surface area contributed by atoms with Crippen molar-refractivity contribution in [1.29, 1.82) is 0 Å². The summed E-state index contributed by atoms with van der Waals surface area (Å²) in [7, 11) is 7.37. The predicted octanol–water partition coefficient (Wildman–Crippen LogP) is 3.46. The van der Waals surface area contributed by atoms with Crippen molar-refractivity contribution in [1.82, 2.24) is 4.90 Å². The van der Waals surface area contributed by atoms with Crippen molar-refractivity contribution in [3.05, 3.63) is 41.0 Å². The van der Waals surface area contributed by atoms with Crippen molar-refractivity contribution in [2.75, 3.05) is 34.9 Å². The van der Waals surface area contributed by atoms with Gasteiger partial charge in [0.2, 0.25) is 0 Å². The lowest BCUT2D eigenvalue weighted by atomic mass is 9.76. The fourth-order valence-electron chi connectivity index (χ4n) is 4.24. The molecular weight excluding hydrogens is 302 g/mol. The minimum absolute atomic E-state index is 0.354.